The van der Waals surface area contributed by atoms with Gasteiger partial charge in [0.05, 0.1) is 13.2 Å². The summed E-state index contributed by atoms with van der Waals surface area (Å²) in [5, 5.41) is 5.07. The summed E-state index contributed by atoms with van der Waals surface area (Å²) in [7, 11) is -0.907. The topological polar surface area (TPSA) is 97.1 Å². The van der Waals surface area contributed by atoms with E-state index < -0.39 is 10.3 Å². The maximum Gasteiger partial charge on any atom is 0.380 e. The van der Waals surface area contributed by atoms with E-state index in [4.69, 9.17) is 23.5 Å². The van der Waals surface area contributed by atoms with Crippen LogP contribution in [-0.2, 0) is 26.2 Å². The maximum absolute atomic E-state index is 11.4. The molecule has 2 saturated carbocycles. The van der Waals surface area contributed by atoms with Gasteiger partial charge in [0.25, 0.3) is 0 Å². The molecule has 0 amide bonds. The quantitative estimate of drug-likeness (QED) is 0.704. The lowest BCUT2D eigenvalue weighted by Gasteiger charge is -2.50. The van der Waals surface area contributed by atoms with Gasteiger partial charge in [0, 0.05) is 7.11 Å². The van der Waals surface area contributed by atoms with Gasteiger partial charge in [0.1, 0.15) is 6.79 Å². The number of hydrogen-bond donors (Lipinski definition) is 1. The van der Waals surface area contributed by atoms with Crippen molar-refractivity contribution < 1.29 is 26.8 Å². The van der Waals surface area contributed by atoms with Crippen LogP contribution in [0.3, 0.4) is 0 Å². The smallest absolute Gasteiger partial charge is 0.380 e. The zero-order valence-corrected chi connectivity index (χ0v) is 18.2. The third-order valence-electron chi connectivity index (χ3n) is 7.52. The Hall–Kier alpha value is -1.35. The van der Waals surface area contributed by atoms with Crippen LogP contribution in [0.1, 0.15) is 56.1 Å². The van der Waals surface area contributed by atoms with Gasteiger partial charge in [-0.05, 0) is 85.0 Å². The molecule has 3 aliphatic rings. The second-order valence-electron chi connectivity index (χ2n) is 8.88. The fourth-order valence-electron chi connectivity index (χ4n) is 6.30. The van der Waals surface area contributed by atoms with Crippen LogP contribution >= 0.6 is 0 Å². The van der Waals surface area contributed by atoms with Crippen molar-refractivity contribution in [2.45, 2.75) is 57.5 Å². The lowest BCUT2D eigenvalue weighted by atomic mass is 9.55. The molecule has 0 aliphatic heterocycles. The molecule has 8 heteroatoms. The number of hydrogen-bond acceptors (Lipinski definition) is 6. The molecule has 0 heterocycles. The van der Waals surface area contributed by atoms with Gasteiger partial charge in [-0.3, -0.25) is 0 Å². The summed E-state index contributed by atoms with van der Waals surface area (Å²) in [4.78, 5) is 0. The Kier molecular flexibility index (Phi) is 5.57. The molecule has 1 aromatic rings. The summed E-state index contributed by atoms with van der Waals surface area (Å²) in [6.07, 6.45) is 6.74. The molecule has 162 valence electrons. The van der Waals surface area contributed by atoms with E-state index in [1.807, 2.05) is 6.07 Å². The minimum Gasteiger partial charge on any atom is -0.493 e. The molecular formula is C21H31NO6S. The molecule has 2 N–H and O–H groups in total. The zero-order valence-electron chi connectivity index (χ0n) is 17.3. The lowest BCUT2D eigenvalue weighted by Crippen LogP contribution is -2.44. The number of benzene rings is 1. The van der Waals surface area contributed by atoms with Crippen LogP contribution in [0.15, 0.2) is 12.1 Å². The molecule has 1 aromatic carbocycles. The normalized spacial score (nSPS) is 33.5. The molecule has 29 heavy (non-hydrogen) atoms. The molecule has 0 spiro atoms. The van der Waals surface area contributed by atoms with Crippen LogP contribution in [0, 0.1) is 17.3 Å². The minimum absolute atomic E-state index is 0.168. The highest BCUT2D eigenvalue weighted by molar-refractivity contribution is 7.84. The van der Waals surface area contributed by atoms with Crippen molar-refractivity contribution in [2.24, 2.45) is 22.4 Å². The number of fused-ring (bicyclic) bond motifs is 5. The second-order valence-corrected chi connectivity index (χ2v) is 10.0. The van der Waals surface area contributed by atoms with Crippen LogP contribution in [0.25, 0.3) is 0 Å². The van der Waals surface area contributed by atoms with Crippen LogP contribution < -0.4 is 14.1 Å². The first-order valence-corrected chi connectivity index (χ1v) is 11.8. The Morgan fingerprint density at radius 3 is 2.62 bits per heavy atom. The molecule has 0 aromatic heterocycles. The van der Waals surface area contributed by atoms with Crippen LogP contribution in [-0.4, -0.2) is 35.5 Å². The molecule has 2 fully saturated rings. The van der Waals surface area contributed by atoms with E-state index in [0.717, 1.165) is 37.7 Å². The van der Waals surface area contributed by atoms with Crippen molar-refractivity contribution >= 4 is 10.3 Å². The second kappa shape index (κ2) is 7.72. The molecule has 3 aliphatic carbocycles. The Bertz CT molecular complexity index is 872. The fourth-order valence-corrected chi connectivity index (χ4v) is 6.68. The number of ether oxygens (including phenoxy) is 3. The molecule has 5 atom stereocenters. The Labute approximate surface area is 173 Å². The minimum atomic E-state index is -4.10. The van der Waals surface area contributed by atoms with E-state index in [1.165, 1.54) is 19.1 Å². The highest BCUT2D eigenvalue weighted by Gasteiger charge is 2.55. The first-order valence-electron chi connectivity index (χ1n) is 10.3. The average molecular weight is 426 g/mol. The Morgan fingerprint density at radius 1 is 1.14 bits per heavy atom. The van der Waals surface area contributed by atoms with Crippen molar-refractivity contribution in [1.82, 2.24) is 0 Å². The van der Waals surface area contributed by atoms with E-state index in [2.05, 4.69) is 6.92 Å². The van der Waals surface area contributed by atoms with E-state index in [1.54, 1.807) is 13.2 Å². The van der Waals surface area contributed by atoms with Crippen molar-refractivity contribution in [1.29, 1.82) is 0 Å². The third kappa shape index (κ3) is 3.76. The van der Waals surface area contributed by atoms with Crippen molar-refractivity contribution in [2.75, 3.05) is 21.0 Å². The molecule has 7 nitrogen and oxygen atoms in total. The highest BCUT2D eigenvalue weighted by atomic mass is 32.2. The first-order chi connectivity index (χ1) is 13.8. The fraction of sp³-hybridized carbons (Fsp3) is 0.714. The zero-order chi connectivity index (χ0) is 20.8. The van der Waals surface area contributed by atoms with Crippen molar-refractivity contribution in [3.8, 4) is 11.5 Å². The van der Waals surface area contributed by atoms with Crippen LogP contribution in [0.2, 0.25) is 0 Å². The number of rotatable bonds is 6. The van der Waals surface area contributed by atoms with Crippen LogP contribution in [0.4, 0.5) is 0 Å². The monoisotopic (exact) mass is 425 g/mol. The molecule has 4 rings (SSSR count). The predicted octanol–water partition coefficient (Wildman–Crippen LogP) is 3.12. The van der Waals surface area contributed by atoms with Gasteiger partial charge in [0.2, 0.25) is 0 Å². The van der Waals surface area contributed by atoms with E-state index in [-0.39, 0.29) is 17.3 Å². The number of aryl methyl sites for hydroxylation is 1. The van der Waals surface area contributed by atoms with Gasteiger partial charge in [0.15, 0.2) is 11.5 Å². The summed E-state index contributed by atoms with van der Waals surface area (Å²) in [6, 6.07) is 3.75. The average Bonchev–Trinajstić information content (AvgIpc) is 3.00. The van der Waals surface area contributed by atoms with Gasteiger partial charge in [-0.25, -0.2) is 0 Å². The summed E-state index contributed by atoms with van der Waals surface area (Å²) in [5.74, 6) is 2.27. The van der Waals surface area contributed by atoms with Gasteiger partial charge >= 0.3 is 10.3 Å². The third-order valence-corrected chi connectivity index (χ3v) is 7.93. The summed E-state index contributed by atoms with van der Waals surface area (Å²) < 4.78 is 44.4. The van der Waals surface area contributed by atoms with Crippen molar-refractivity contribution in [3.63, 3.8) is 0 Å². The van der Waals surface area contributed by atoms with Gasteiger partial charge in [-0.1, -0.05) is 6.92 Å². The summed E-state index contributed by atoms with van der Waals surface area (Å²) in [5.41, 5.74) is 2.60. The molecular weight excluding hydrogens is 394 g/mol. The molecule has 0 radical (unpaired) electrons. The Morgan fingerprint density at radius 2 is 1.93 bits per heavy atom. The maximum atomic E-state index is 11.4. The molecule has 0 bridgehead atoms. The van der Waals surface area contributed by atoms with Gasteiger partial charge in [-0.15, -0.1) is 0 Å². The SMILES string of the molecule is COCO[C@@H]1CC[C@H]2[C@@H]3CCc4cc(OS(N)(=O)=O)c(OC)cc4[C@H]3CC[C@]12C. The summed E-state index contributed by atoms with van der Waals surface area (Å²) in [6.45, 7) is 2.74. The van der Waals surface area contributed by atoms with E-state index in [9.17, 15) is 8.42 Å². The van der Waals surface area contributed by atoms with Crippen LogP contribution in [0.5, 0.6) is 11.5 Å². The largest absolute Gasteiger partial charge is 0.493 e. The number of nitrogens with two attached hydrogens (primary N) is 1. The molecule has 0 saturated heterocycles. The molecule has 0 unspecified atom stereocenters. The van der Waals surface area contributed by atoms with E-state index >= 15 is 0 Å². The Balaban J connectivity index is 1.62. The number of methoxy groups -OCH3 is 2. The predicted molar refractivity (Wildman–Crippen MR) is 108 cm³/mol. The highest BCUT2D eigenvalue weighted by Crippen LogP contribution is 2.62. The first kappa shape index (κ1) is 20.9. The van der Waals surface area contributed by atoms with Gasteiger partial charge < -0.3 is 18.4 Å². The lowest BCUT2D eigenvalue weighted by molar-refractivity contribution is -0.125. The van der Waals surface area contributed by atoms with E-state index in [0.29, 0.717) is 30.3 Å². The van der Waals surface area contributed by atoms with Crippen molar-refractivity contribution in [3.05, 3.63) is 23.3 Å². The summed E-state index contributed by atoms with van der Waals surface area (Å²) >= 11 is 0. The standard InChI is InChI=1S/C21H31NO6S/c1-21-9-8-14-15(17(21)6-7-20(21)27-12-25-2)5-4-13-10-19(28-29(22,23)24)18(26-3)11-16(13)14/h10-11,14-15,17,20H,4-9,12H2,1-3H3,(H2,22,23,24)/t14-,15+,17-,20+,21-/m0/s1. The van der Waals surface area contributed by atoms with Gasteiger partial charge in [-0.2, -0.15) is 13.6 Å².